The summed E-state index contributed by atoms with van der Waals surface area (Å²) in [5, 5.41) is 5.16. The van der Waals surface area contributed by atoms with Crippen molar-refractivity contribution in [3.63, 3.8) is 0 Å². The van der Waals surface area contributed by atoms with Crippen LogP contribution < -0.4 is 0 Å². The fourth-order valence-corrected chi connectivity index (χ4v) is 8.19. The minimum Gasteiger partial charge on any atom is -0.309 e. The summed E-state index contributed by atoms with van der Waals surface area (Å²) in [5.74, 6) is 0. The summed E-state index contributed by atoms with van der Waals surface area (Å²) in [4.78, 5) is 0. The van der Waals surface area contributed by atoms with Crippen LogP contribution in [0.15, 0.2) is 158 Å². The summed E-state index contributed by atoms with van der Waals surface area (Å²) >= 11 is 0. The predicted molar refractivity (Wildman–Crippen MR) is 198 cm³/mol. The Kier molecular flexibility index (Phi) is 5.37. The van der Waals surface area contributed by atoms with Crippen LogP contribution in [0, 0.1) is 0 Å². The van der Waals surface area contributed by atoms with Gasteiger partial charge in [-0.3, -0.25) is 0 Å². The Bertz CT molecular complexity index is 2630. The first-order valence-electron chi connectivity index (χ1n) is 16.4. The third-order valence-electron chi connectivity index (χ3n) is 10.5. The molecule has 47 heavy (non-hydrogen) atoms. The Morgan fingerprint density at radius 2 is 0.957 bits per heavy atom. The van der Waals surface area contributed by atoms with E-state index in [-0.39, 0.29) is 5.41 Å². The Balaban J connectivity index is 1.29. The standard InChI is InChI=1S/C45H32N2/c1-45(2)38-28-33(46-40-19-11-9-17-34(40)35-18-10-12-20-41(35)46)22-24-43(38)47-42-23-21-31(29-13-5-3-6-14-29)25-36(42)37-26-32(27-39(45)44(37)47)30-15-7-4-8-16-30/h3-28H,1-2H3. The number of hydrogen-bond donors (Lipinski definition) is 0. The number of rotatable bonds is 3. The highest BCUT2D eigenvalue weighted by atomic mass is 15.0. The number of fused-ring (bicyclic) bond motifs is 8. The monoisotopic (exact) mass is 600 g/mol. The van der Waals surface area contributed by atoms with Gasteiger partial charge < -0.3 is 9.13 Å². The fourth-order valence-electron chi connectivity index (χ4n) is 8.19. The van der Waals surface area contributed by atoms with E-state index in [0.29, 0.717) is 0 Å². The highest BCUT2D eigenvalue weighted by Gasteiger charge is 2.36. The lowest BCUT2D eigenvalue weighted by molar-refractivity contribution is 0.630. The number of nitrogens with zero attached hydrogens (tertiary/aromatic N) is 2. The van der Waals surface area contributed by atoms with E-state index in [2.05, 4.69) is 181 Å². The van der Waals surface area contributed by atoms with Crippen LogP contribution in [-0.4, -0.2) is 9.13 Å². The third kappa shape index (κ3) is 3.67. The molecule has 0 atom stereocenters. The summed E-state index contributed by atoms with van der Waals surface area (Å²) in [5.41, 5.74) is 14.9. The van der Waals surface area contributed by atoms with Crippen molar-refractivity contribution in [2.75, 3.05) is 0 Å². The normalized spacial score (nSPS) is 13.5. The van der Waals surface area contributed by atoms with Gasteiger partial charge in [-0.2, -0.15) is 0 Å². The van der Waals surface area contributed by atoms with Crippen molar-refractivity contribution < 1.29 is 0 Å². The van der Waals surface area contributed by atoms with Crippen molar-refractivity contribution in [2.45, 2.75) is 19.3 Å². The van der Waals surface area contributed by atoms with E-state index in [9.17, 15) is 0 Å². The molecular weight excluding hydrogens is 569 g/mol. The molecule has 222 valence electrons. The van der Waals surface area contributed by atoms with Gasteiger partial charge in [-0.05, 0) is 88.0 Å². The lowest BCUT2D eigenvalue weighted by atomic mass is 9.73. The molecule has 1 aliphatic heterocycles. The maximum atomic E-state index is 2.53. The molecule has 7 aromatic carbocycles. The molecular formula is C45H32N2. The first-order chi connectivity index (χ1) is 23.1. The highest BCUT2D eigenvalue weighted by Crippen LogP contribution is 2.50. The van der Waals surface area contributed by atoms with Crippen LogP contribution in [0.2, 0.25) is 0 Å². The van der Waals surface area contributed by atoms with Crippen LogP contribution in [0.4, 0.5) is 0 Å². The zero-order chi connectivity index (χ0) is 31.3. The SMILES string of the molecule is CC1(C)c2cc(-n3c4ccccc4c4ccccc43)ccc2-n2c3ccc(-c4ccccc4)cc3c3cc(-c4ccccc4)cc1c32. The number of hydrogen-bond acceptors (Lipinski definition) is 0. The molecule has 0 bridgehead atoms. The van der Waals surface area contributed by atoms with Gasteiger partial charge in [0.25, 0.3) is 0 Å². The van der Waals surface area contributed by atoms with E-state index < -0.39 is 0 Å². The summed E-state index contributed by atoms with van der Waals surface area (Å²) in [7, 11) is 0. The Labute approximate surface area is 273 Å². The van der Waals surface area contributed by atoms with Crippen molar-refractivity contribution in [3.05, 3.63) is 169 Å². The van der Waals surface area contributed by atoms with Gasteiger partial charge in [-0.25, -0.2) is 0 Å². The summed E-state index contributed by atoms with van der Waals surface area (Å²) in [6, 6.07) is 58.1. The molecule has 0 amide bonds. The van der Waals surface area contributed by atoms with Crippen LogP contribution in [-0.2, 0) is 5.41 Å². The van der Waals surface area contributed by atoms with E-state index >= 15 is 0 Å². The van der Waals surface area contributed by atoms with E-state index in [1.165, 1.54) is 88.4 Å². The lowest BCUT2D eigenvalue weighted by Gasteiger charge is -2.35. The molecule has 2 nitrogen and oxygen atoms in total. The number of para-hydroxylation sites is 2. The van der Waals surface area contributed by atoms with Gasteiger partial charge >= 0.3 is 0 Å². The van der Waals surface area contributed by atoms with E-state index in [4.69, 9.17) is 0 Å². The van der Waals surface area contributed by atoms with Crippen LogP contribution in [0.3, 0.4) is 0 Å². The van der Waals surface area contributed by atoms with Crippen molar-refractivity contribution in [3.8, 4) is 33.6 Å². The van der Waals surface area contributed by atoms with Gasteiger partial charge in [-0.15, -0.1) is 0 Å². The average molecular weight is 601 g/mol. The zero-order valence-electron chi connectivity index (χ0n) is 26.4. The maximum absolute atomic E-state index is 2.53. The van der Waals surface area contributed by atoms with E-state index in [1.807, 2.05) is 0 Å². The molecule has 2 heteroatoms. The van der Waals surface area contributed by atoms with Crippen LogP contribution in [0.25, 0.3) is 77.2 Å². The Hall–Kier alpha value is -5.86. The van der Waals surface area contributed by atoms with Gasteiger partial charge in [-0.1, -0.05) is 117 Å². The molecule has 0 saturated heterocycles. The van der Waals surface area contributed by atoms with Crippen molar-refractivity contribution in [1.82, 2.24) is 9.13 Å². The number of aromatic nitrogens is 2. The largest absolute Gasteiger partial charge is 0.309 e. The summed E-state index contributed by atoms with van der Waals surface area (Å²) in [6.45, 7) is 4.81. The first kappa shape index (κ1) is 26.4. The van der Waals surface area contributed by atoms with Crippen molar-refractivity contribution in [1.29, 1.82) is 0 Å². The smallest absolute Gasteiger partial charge is 0.0582 e. The number of benzene rings is 7. The van der Waals surface area contributed by atoms with E-state index in [0.717, 1.165) is 0 Å². The molecule has 9 aromatic rings. The molecule has 10 rings (SSSR count). The molecule has 0 radical (unpaired) electrons. The molecule has 2 aromatic heterocycles. The minimum atomic E-state index is -0.236. The fraction of sp³-hybridized carbons (Fsp3) is 0.0667. The topological polar surface area (TPSA) is 9.86 Å². The highest BCUT2D eigenvalue weighted by molar-refractivity contribution is 6.14. The van der Waals surface area contributed by atoms with Crippen LogP contribution in [0.5, 0.6) is 0 Å². The molecule has 0 unspecified atom stereocenters. The summed E-state index contributed by atoms with van der Waals surface area (Å²) < 4.78 is 4.96. The van der Waals surface area contributed by atoms with E-state index in [1.54, 1.807) is 0 Å². The van der Waals surface area contributed by atoms with Gasteiger partial charge in [0.1, 0.15) is 0 Å². The molecule has 1 aliphatic rings. The van der Waals surface area contributed by atoms with Gasteiger partial charge in [0.05, 0.1) is 27.8 Å². The maximum Gasteiger partial charge on any atom is 0.0582 e. The second-order valence-corrected chi connectivity index (χ2v) is 13.4. The molecule has 0 saturated carbocycles. The van der Waals surface area contributed by atoms with Crippen LogP contribution in [0.1, 0.15) is 25.0 Å². The minimum absolute atomic E-state index is 0.236. The Morgan fingerprint density at radius 1 is 0.383 bits per heavy atom. The molecule has 3 heterocycles. The van der Waals surface area contributed by atoms with Crippen molar-refractivity contribution >= 4 is 43.6 Å². The van der Waals surface area contributed by atoms with Gasteiger partial charge in [0, 0.05) is 32.6 Å². The van der Waals surface area contributed by atoms with Crippen molar-refractivity contribution in [2.24, 2.45) is 0 Å². The third-order valence-corrected chi connectivity index (χ3v) is 10.5. The summed E-state index contributed by atoms with van der Waals surface area (Å²) in [6.07, 6.45) is 0. The first-order valence-corrected chi connectivity index (χ1v) is 16.4. The van der Waals surface area contributed by atoms with Gasteiger partial charge in [0.2, 0.25) is 0 Å². The quantitative estimate of drug-likeness (QED) is 0.191. The van der Waals surface area contributed by atoms with Crippen LogP contribution >= 0.6 is 0 Å². The second-order valence-electron chi connectivity index (χ2n) is 13.4. The molecule has 0 aliphatic carbocycles. The molecule has 0 N–H and O–H groups in total. The Morgan fingerprint density at radius 3 is 1.64 bits per heavy atom. The zero-order valence-corrected chi connectivity index (χ0v) is 26.4. The van der Waals surface area contributed by atoms with Gasteiger partial charge in [0.15, 0.2) is 0 Å². The lowest BCUT2D eigenvalue weighted by Crippen LogP contribution is -2.26. The second kappa shape index (κ2) is 9.57. The average Bonchev–Trinajstić information content (AvgIpc) is 3.64. The molecule has 0 spiro atoms. The predicted octanol–water partition coefficient (Wildman–Crippen LogP) is 11.9. The molecule has 0 fully saturated rings.